The van der Waals surface area contributed by atoms with E-state index in [2.05, 4.69) is 47.6 Å². The van der Waals surface area contributed by atoms with Gasteiger partial charge in [-0.15, -0.1) is 0 Å². The lowest BCUT2D eigenvalue weighted by Gasteiger charge is -2.29. The van der Waals surface area contributed by atoms with Crippen LogP contribution in [0.5, 0.6) is 11.5 Å². The molecule has 128 valence electrons. The van der Waals surface area contributed by atoms with Gasteiger partial charge in [-0.2, -0.15) is 0 Å². The first-order chi connectivity index (χ1) is 10.9. The van der Waals surface area contributed by atoms with Crippen LogP contribution in [0.3, 0.4) is 0 Å². The molecule has 0 saturated carbocycles. The molecule has 0 spiro atoms. The van der Waals surface area contributed by atoms with Gasteiger partial charge < -0.3 is 10.2 Å². The van der Waals surface area contributed by atoms with Crippen LogP contribution in [0, 0.1) is 0 Å². The second kappa shape index (κ2) is 5.02. The molecule has 2 aromatic rings. The van der Waals surface area contributed by atoms with Crippen LogP contribution in [0.4, 0.5) is 0 Å². The molecule has 0 fully saturated rings. The minimum atomic E-state index is -0.307. The third-order valence-electron chi connectivity index (χ3n) is 5.54. The molecule has 2 heteroatoms. The van der Waals surface area contributed by atoms with E-state index in [1.165, 1.54) is 5.56 Å². The molecule has 1 aliphatic carbocycles. The van der Waals surface area contributed by atoms with Gasteiger partial charge in [-0.3, -0.25) is 0 Å². The summed E-state index contributed by atoms with van der Waals surface area (Å²) in [6.45, 7) is 13.2. The van der Waals surface area contributed by atoms with Crippen molar-refractivity contribution in [2.24, 2.45) is 0 Å². The molecule has 24 heavy (non-hydrogen) atoms. The van der Waals surface area contributed by atoms with E-state index in [1.54, 1.807) is 6.07 Å². The molecule has 2 aromatic carbocycles. The van der Waals surface area contributed by atoms with Crippen molar-refractivity contribution in [1.82, 2.24) is 0 Å². The highest BCUT2D eigenvalue weighted by atomic mass is 16.3. The number of fused-ring (bicyclic) bond motifs is 1. The Morgan fingerprint density at radius 2 is 1.62 bits per heavy atom. The average Bonchev–Trinajstić information content (AvgIpc) is 2.66. The molecule has 0 saturated heterocycles. The highest BCUT2D eigenvalue weighted by molar-refractivity contribution is 5.60. The Hall–Kier alpha value is -1.96. The summed E-state index contributed by atoms with van der Waals surface area (Å²) in [5, 5.41) is 20.8. The fraction of sp³-hybridized carbons (Fsp3) is 0.455. The Morgan fingerprint density at radius 3 is 2.21 bits per heavy atom. The van der Waals surface area contributed by atoms with Crippen LogP contribution in [0.1, 0.15) is 70.2 Å². The van der Waals surface area contributed by atoms with Gasteiger partial charge in [0.1, 0.15) is 11.5 Å². The third kappa shape index (κ3) is 2.49. The zero-order chi connectivity index (χ0) is 17.9. The summed E-state index contributed by atoms with van der Waals surface area (Å²) < 4.78 is 0. The number of aromatic hydroxyl groups is 2. The van der Waals surface area contributed by atoms with Crippen LogP contribution in [-0.4, -0.2) is 10.2 Å². The van der Waals surface area contributed by atoms with Crippen molar-refractivity contribution in [3.8, 4) is 11.5 Å². The lowest BCUT2D eigenvalue weighted by atomic mass is 9.74. The molecule has 0 amide bonds. The van der Waals surface area contributed by atoms with E-state index in [-0.39, 0.29) is 22.0 Å². The summed E-state index contributed by atoms with van der Waals surface area (Å²) in [6.07, 6.45) is 0.903. The standard InChI is InChI=1S/C22H28O2/c1-20(2,3)15-11-17-19(18(24)12-15)22(6,13-21(17,4)5)14-8-7-9-16(23)10-14/h7-12,23-24H,13H2,1-6H3. The fourth-order valence-corrected chi connectivity index (χ4v) is 4.34. The molecule has 0 heterocycles. The van der Waals surface area contributed by atoms with Crippen LogP contribution < -0.4 is 0 Å². The molecule has 1 unspecified atom stereocenters. The van der Waals surface area contributed by atoms with E-state index in [0.29, 0.717) is 5.75 Å². The van der Waals surface area contributed by atoms with E-state index >= 15 is 0 Å². The normalized spacial score (nSPS) is 22.4. The number of benzene rings is 2. The Labute approximate surface area is 145 Å². The van der Waals surface area contributed by atoms with Gasteiger partial charge in [-0.25, -0.2) is 0 Å². The van der Waals surface area contributed by atoms with Gasteiger partial charge in [0, 0.05) is 11.0 Å². The van der Waals surface area contributed by atoms with Gasteiger partial charge in [0.25, 0.3) is 0 Å². The smallest absolute Gasteiger partial charge is 0.120 e. The number of hydrogen-bond donors (Lipinski definition) is 2. The van der Waals surface area contributed by atoms with E-state index in [9.17, 15) is 10.2 Å². The SMILES string of the molecule is CC(C)(C)c1cc(O)c2c(c1)C(C)(C)CC2(C)c1cccc(O)c1. The van der Waals surface area contributed by atoms with E-state index in [0.717, 1.165) is 23.1 Å². The number of phenolic OH excluding ortho intramolecular Hbond substituents is 2. The monoisotopic (exact) mass is 324 g/mol. The molecule has 2 N–H and O–H groups in total. The molecule has 0 bridgehead atoms. The lowest BCUT2D eigenvalue weighted by Crippen LogP contribution is -2.23. The maximum Gasteiger partial charge on any atom is 0.120 e. The minimum absolute atomic E-state index is 0.00734. The highest BCUT2D eigenvalue weighted by Crippen LogP contribution is 2.56. The predicted molar refractivity (Wildman–Crippen MR) is 99.0 cm³/mol. The van der Waals surface area contributed by atoms with Crippen molar-refractivity contribution in [2.75, 3.05) is 0 Å². The van der Waals surface area contributed by atoms with Crippen molar-refractivity contribution >= 4 is 0 Å². The summed E-state index contributed by atoms with van der Waals surface area (Å²) in [6, 6.07) is 11.6. The maximum absolute atomic E-state index is 10.9. The fourth-order valence-electron chi connectivity index (χ4n) is 4.34. The van der Waals surface area contributed by atoms with Gasteiger partial charge in [-0.1, -0.05) is 59.7 Å². The van der Waals surface area contributed by atoms with Gasteiger partial charge in [-0.05, 0) is 52.1 Å². The molecular formula is C22H28O2. The highest BCUT2D eigenvalue weighted by Gasteiger charge is 2.48. The molecule has 1 atom stereocenters. The molecule has 0 aromatic heterocycles. The number of phenols is 2. The van der Waals surface area contributed by atoms with E-state index in [4.69, 9.17) is 0 Å². The summed E-state index contributed by atoms with van der Waals surface area (Å²) in [5.74, 6) is 0.639. The van der Waals surface area contributed by atoms with E-state index in [1.807, 2.05) is 24.3 Å². The molecule has 0 radical (unpaired) electrons. The summed E-state index contributed by atoms with van der Waals surface area (Å²) in [5.41, 5.74) is 4.09. The van der Waals surface area contributed by atoms with Crippen molar-refractivity contribution in [3.05, 3.63) is 58.7 Å². The number of hydrogen-bond acceptors (Lipinski definition) is 2. The predicted octanol–water partition coefficient (Wildman–Crippen LogP) is 5.38. The van der Waals surface area contributed by atoms with Crippen molar-refractivity contribution in [2.45, 2.75) is 64.2 Å². The Kier molecular flexibility index (Phi) is 3.53. The van der Waals surface area contributed by atoms with Crippen molar-refractivity contribution in [1.29, 1.82) is 0 Å². The second-order valence-corrected chi connectivity index (χ2v) is 9.11. The Balaban J connectivity index is 2.28. The van der Waals surface area contributed by atoms with Gasteiger partial charge in [0.05, 0.1) is 0 Å². The van der Waals surface area contributed by atoms with Gasteiger partial charge in [0.15, 0.2) is 0 Å². The maximum atomic E-state index is 10.9. The van der Waals surface area contributed by atoms with Crippen LogP contribution >= 0.6 is 0 Å². The van der Waals surface area contributed by atoms with Gasteiger partial charge >= 0.3 is 0 Å². The molecule has 0 aliphatic heterocycles. The largest absolute Gasteiger partial charge is 0.508 e. The van der Waals surface area contributed by atoms with Crippen molar-refractivity contribution in [3.63, 3.8) is 0 Å². The van der Waals surface area contributed by atoms with Crippen molar-refractivity contribution < 1.29 is 10.2 Å². The molecular weight excluding hydrogens is 296 g/mol. The quantitative estimate of drug-likeness (QED) is 0.739. The summed E-state index contributed by atoms with van der Waals surface area (Å²) in [7, 11) is 0. The second-order valence-electron chi connectivity index (χ2n) is 9.11. The van der Waals surface area contributed by atoms with Gasteiger partial charge in [0.2, 0.25) is 0 Å². The molecule has 2 nitrogen and oxygen atoms in total. The molecule has 3 rings (SSSR count). The van der Waals surface area contributed by atoms with E-state index < -0.39 is 0 Å². The molecule has 1 aliphatic rings. The average molecular weight is 324 g/mol. The Morgan fingerprint density at radius 1 is 0.958 bits per heavy atom. The topological polar surface area (TPSA) is 40.5 Å². The first-order valence-corrected chi connectivity index (χ1v) is 8.63. The van der Waals surface area contributed by atoms with Crippen LogP contribution in [0.25, 0.3) is 0 Å². The van der Waals surface area contributed by atoms with Crippen LogP contribution in [0.2, 0.25) is 0 Å². The lowest BCUT2D eigenvalue weighted by molar-refractivity contribution is 0.409. The van der Waals surface area contributed by atoms with Crippen LogP contribution in [0.15, 0.2) is 36.4 Å². The summed E-state index contributed by atoms with van der Waals surface area (Å²) in [4.78, 5) is 0. The number of rotatable bonds is 1. The Bertz CT molecular complexity index is 796. The minimum Gasteiger partial charge on any atom is -0.508 e. The summed E-state index contributed by atoms with van der Waals surface area (Å²) >= 11 is 0. The first kappa shape index (κ1) is 16.9. The zero-order valence-electron chi connectivity index (χ0n) is 15.6. The zero-order valence-corrected chi connectivity index (χ0v) is 15.6. The van der Waals surface area contributed by atoms with Crippen LogP contribution in [-0.2, 0) is 16.2 Å². The first-order valence-electron chi connectivity index (χ1n) is 8.63. The third-order valence-corrected chi connectivity index (χ3v) is 5.54.